The lowest BCUT2D eigenvalue weighted by Crippen LogP contribution is -2.41. The molecule has 0 aromatic heterocycles. The first-order chi connectivity index (χ1) is 16.1. The molecular formula is C28H32N2O4. The maximum Gasteiger partial charge on any atom is 0.234 e. The summed E-state index contributed by atoms with van der Waals surface area (Å²) in [6.07, 6.45) is 1.11. The van der Waals surface area contributed by atoms with Gasteiger partial charge in [0.05, 0.1) is 20.1 Å². The summed E-state index contributed by atoms with van der Waals surface area (Å²) in [5.41, 5.74) is 4.41. The average Bonchev–Trinajstić information content (AvgIpc) is 2.78. The third-order valence-electron chi connectivity index (χ3n) is 6.76. The number of rotatable bonds is 5. The van der Waals surface area contributed by atoms with Crippen LogP contribution in [0.3, 0.4) is 0 Å². The van der Waals surface area contributed by atoms with Gasteiger partial charge in [-0.3, -0.25) is 14.6 Å². The van der Waals surface area contributed by atoms with Crippen LogP contribution in [0, 0.1) is 18.3 Å². The Hall–Kier alpha value is -3.41. The number of hydrogen-bond acceptors (Lipinski definition) is 5. The number of carbonyl (C=O) groups excluding carboxylic acids is 2. The molecule has 0 bridgehead atoms. The van der Waals surface area contributed by atoms with Gasteiger partial charge in [-0.15, -0.1) is 0 Å². The summed E-state index contributed by atoms with van der Waals surface area (Å²) < 4.78 is 11.1. The van der Waals surface area contributed by atoms with Crippen molar-refractivity contribution in [2.24, 2.45) is 16.3 Å². The molecule has 1 amide bonds. The highest BCUT2D eigenvalue weighted by Crippen LogP contribution is 2.50. The number of para-hydroxylation sites is 1. The Balaban J connectivity index is 1.86. The van der Waals surface area contributed by atoms with Gasteiger partial charge in [-0.2, -0.15) is 0 Å². The Labute approximate surface area is 201 Å². The molecule has 1 aliphatic carbocycles. The monoisotopic (exact) mass is 460 g/mol. The van der Waals surface area contributed by atoms with E-state index in [1.165, 1.54) is 0 Å². The van der Waals surface area contributed by atoms with Crippen LogP contribution < -0.4 is 14.8 Å². The summed E-state index contributed by atoms with van der Waals surface area (Å²) in [6.45, 7) is 7.99. The van der Waals surface area contributed by atoms with Crippen LogP contribution in [0.15, 0.2) is 58.7 Å². The van der Waals surface area contributed by atoms with Gasteiger partial charge in [0.25, 0.3) is 0 Å². The number of Topliss-reactive ketones (excluding diaryl/α,β-unsaturated/α-hetero) is 1. The summed E-state index contributed by atoms with van der Waals surface area (Å²) in [5, 5.41) is 3.08. The molecule has 1 aliphatic heterocycles. The van der Waals surface area contributed by atoms with Crippen molar-refractivity contribution in [3.8, 4) is 11.5 Å². The fourth-order valence-electron chi connectivity index (χ4n) is 5.12. The van der Waals surface area contributed by atoms with E-state index in [-0.39, 0.29) is 17.1 Å². The zero-order chi connectivity index (χ0) is 24.6. The number of ether oxygens (including phenoxy) is 2. The summed E-state index contributed by atoms with van der Waals surface area (Å²) in [4.78, 5) is 32.1. The van der Waals surface area contributed by atoms with Crippen LogP contribution in [0.5, 0.6) is 11.5 Å². The topological polar surface area (TPSA) is 77.0 Å². The number of aliphatic imine (C=N–C) groups is 1. The second kappa shape index (κ2) is 9.09. The maximum atomic E-state index is 13.8. The lowest BCUT2D eigenvalue weighted by molar-refractivity contribution is -0.119. The Morgan fingerprint density at radius 3 is 2.47 bits per heavy atom. The van der Waals surface area contributed by atoms with E-state index in [0.29, 0.717) is 35.6 Å². The molecule has 2 aromatic carbocycles. The highest BCUT2D eigenvalue weighted by Gasteiger charge is 2.46. The van der Waals surface area contributed by atoms with Crippen molar-refractivity contribution in [3.05, 3.63) is 64.9 Å². The first-order valence-corrected chi connectivity index (χ1v) is 11.5. The van der Waals surface area contributed by atoms with Crippen molar-refractivity contribution >= 4 is 23.1 Å². The number of allylic oxidation sites excluding steroid dienone is 2. The number of nitrogens with one attached hydrogen (secondary N) is 1. The fraction of sp³-hybridized carbons (Fsp3) is 0.393. The van der Waals surface area contributed by atoms with E-state index in [4.69, 9.17) is 14.5 Å². The summed E-state index contributed by atoms with van der Waals surface area (Å²) in [6, 6.07) is 13.2. The standard InChI is InChI=1S/C28H32N2O4/c1-16-9-7-8-10-20(16)30-27(32)24-17(2)29-21-14-28(3,4)15-22(31)26(21)25(24)19-12-11-18(33-5)13-23(19)34-6/h7-13,24-25H,14-15H2,1-6H3,(H,30,32)/t24?,25-/m0/s1. The predicted molar refractivity (Wildman–Crippen MR) is 134 cm³/mol. The Morgan fingerprint density at radius 2 is 1.79 bits per heavy atom. The molecule has 6 nitrogen and oxygen atoms in total. The molecule has 34 heavy (non-hydrogen) atoms. The van der Waals surface area contributed by atoms with E-state index < -0.39 is 11.8 Å². The van der Waals surface area contributed by atoms with Gasteiger partial charge in [-0.05, 0) is 43.4 Å². The molecule has 0 saturated carbocycles. The third kappa shape index (κ3) is 4.37. The molecule has 1 unspecified atom stereocenters. The zero-order valence-electron chi connectivity index (χ0n) is 20.7. The largest absolute Gasteiger partial charge is 0.497 e. The Bertz CT molecular complexity index is 1210. The van der Waals surface area contributed by atoms with Gasteiger partial charge in [0, 0.05) is 46.6 Å². The molecule has 6 heteroatoms. The molecule has 4 rings (SSSR count). The van der Waals surface area contributed by atoms with Crippen molar-refractivity contribution in [3.63, 3.8) is 0 Å². The number of carbonyl (C=O) groups is 2. The predicted octanol–water partition coefficient (Wildman–Crippen LogP) is 5.47. The molecule has 2 atom stereocenters. The van der Waals surface area contributed by atoms with Crippen LogP contribution in [0.2, 0.25) is 0 Å². The third-order valence-corrected chi connectivity index (χ3v) is 6.76. The average molecular weight is 461 g/mol. The van der Waals surface area contributed by atoms with Gasteiger partial charge in [0.2, 0.25) is 5.91 Å². The SMILES string of the molecule is COc1ccc([C@@H]2C3=C(CC(C)(C)CC3=O)N=C(C)C2C(=O)Nc2ccccc2C)c(OC)c1. The highest BCUT2D eigenvalue weighted by atomic mass is 16.5. The number of hydrogen-bond donors (Lipinski definition) is 1. The molecule has 2 aliphatic rings. The first kappa shape index (κ1) is 23.7. The summed E-state index contributed by atoms with van der Waals surface area (Å²) in [7, 11) is 3.18. The minimum Gasteiger partial charge on any atom is -0.497 e. The smallest absolute Gasteiger partial charge is 0.234 e. The number of amides is 1. The quantitative estimate of drug-likeness (QED) is 0.642. The molecule has 2 aromatic rings. The molecule has 0 spiro atoms. The second-order valence-corrected chi connectivity index (χ2v) is 9.92. The Kier molecular flexibility index (Phi) is 6.34. The van der Waals surface area contributed by atoms with E-state index in [0.717, 1.165) is 22.5 Å². The first-order valence-electron chi connectivity index (χ1n) is 11.5. The van der Waals surface area contributed by atoms with Gasteiger partial charge < -0.3 is 14.8 Å². The van der Waals surface area contributed by atoms with Gasteiger partial charge >= 0.3 is 0 Å². The molecular weight excluding hydrogens is 428 g/mol. The summed E-state index contributed by atoms with van der Waals surface area (Å²) in [5.74, 6) is -0.0706. The van der Waals surface area contributed by atoms with Crippen LogP contribution in [0.1, 0.15) is 50.7 Å². The summed E-state index contributed by atoms with van der Waals surface area (Å²) >= 11 is 0. The minimum absolute atomic E-state index is 0.0408. The van der Waals surface area contributed by atoms with Crippen molar-refractivity contribution < 1.29 is 19.1 Å². The second-order valence-electron chi connectivity index (χ2n) is 9.92. The van der Waals surface area contributed by atoms with Crippen LogP contribution in [0.25, 0.3) is 0 Å². The zero-order valence-corrected chi connectivity index (χ0v) is 20.7. The van der Waals surface area contributed by atoms with E-state index in [9.17, 15) is 9.59 Å². The van der Waals surface area contributed by atoms with Crippen molar-refractivity contribution in [2.45, 2.75) is 46.5 Å². The van der Waals surface area contributed by atoms with Crippen molar-refractivity contribution in [1.82, 2.24) is 0 Å². The lowest BCUT2D eigenvalue weighted by Gasteiger charge is -2.39. The van der Waals surface area contributed by atoms with Gasteiger partial charge in [0.15, 0.2) is 5.78 Å². The van der Waals surface area contributed by atoms with E-state index in [1.54, 1.807) is 20.3 Å². The number of benzene rings is 2. The number of methoxy groups -OCH3 is 2. The van der Waals surface area contributed by atoms with Crippen molar-refractivity contribution in [1.29, 1.82) is 0 Å². The molecule has 0 radical (unpaired) electrons. The van der Waals surface area contributed by atoms with Gasteiger partial charge in [0.1, 0.15) is 11.5 Å². The van der Waals surface area contributed by atoms with Crippen LogP contribution in [-0.4, -0.2) is 31.6 Å². The van der Waals surface area contributed by atoms with E-state index in [1.807, 2.05) is 50.2 Å². The number of ketones is 1. The fourth-order valence-corrected chi connectivity index (χ4v) is 5.12. The lowest BCUT2D eigenvalue weighted by atomic mass is 9.66. The highest BCUT2D eigenvalue weighted by molar-refractivity contribution is 6.13. The van der Waals surface area contributed by atoms with E-state index >= 15 is 0 Å². The van der Waals surface area contributed by atoms with Gasteiger partial charge in [-0.1, -0.05) is 38.1 Å². The number of anilines is 1. The van der Waals surface area contributed by atoms with Crippen LogP contribution >= 0.6 is 0 Å². The van der Waals surface area contributed by atoms with Gasteiger partial charge in [-0.25, -0.2) is 0 Å². The van der Waals surface area contributed by atoms with Crippen LogP contribution in [-0.2, 0) is 9.59 Å². The molecule has 1 heterocycles. The molecule has 178 valence electrons. The Morgan fingerprint density at radius 1 is 1.06 bits per heavy atom. The normalized spacial score (nSPS) is 21.5. The minimum atomic E-state index is -0.647. The number of aryl methyl sites for hydroxylation is 1. The molecule has 0 saturated heterocycles. The molecule has 1 N–H and O–H groups in total. The van der Waals surface area contributed by atoms with Crippen LogP contribution in [0.4, 0.5) is 5.69 Å². The maximum absolute atomic E-state index is 13.8. The van der Waals surface area contributed by atoms with Crippen molar-refractivity contribution in [2.75, 3.05) is 19.5 Å². The number of nitrogens with zero attached hydrogens (tertiary/aromatic N) is 1. The molecule has 0 fully saturated rings. The van der Waals surface area contributed by atoms with E-state index in [2.05, 4.69) is 19.2 Å².